The molecule has 5 nitrogen and oxygen atoms in total. The number of ether oxygens (including phenoxy) is 1. The summed E-state index contributed by atoms with van der Waals surface area (Å²) in [4.78, 5) is 14.5. The van der Waals surface area contributed by atoms with E-state index in [9.17, 15) is 4.79 Å². The van der Waals surface area contributed by atoms with Crippen molar-refractivity contribution >= 4 is 17.1 Å². The third-order valence-electron chi connectivity index (χ3n) is 1.94. The summed E-state index contributed by atoms with van der Waals surface area (Å²) in [7, 11) is 1.55. The minimum Gasteiger partial charge on any atom is -0.497 e. The normalized spacial score (nSPS) is 10.5. The summed E-state index contributed by atoms with van der Waals surface area (Å²) in [6, 6.07) is 5.13. The topological polar surface area (TPSA) is 72.6 Å². The van der Waals surface area contributed by atoms with Gasteiger partial charge in [0.25, 0.3) is 0 Å². The van der Waals surface area contributed by atoms with E-state index in [1.165, 1.54) is 0 Å². The van der Waals surface area contributed by atoms with Crippen LogP contribution in [0.4, 0.5) is 0 Å². The van der Waals surface area contributed by atoms with Gasteiger partial charge in [-0.2, -0.15) is 0 Å². The molecule has 0 bridgehead atoms. The first kappa shape index (κ1) is 9.51. The molecule has 0 unspecified atom stereocenters. The third kappa shape index (κ3) is 1.90. The number of methoxy groups -OCH3 is 1. The maximum absolute atomic E-state index is 10.4. The van der Waals surface area contributed by atoms with E-state index in [1.54, 1.807) is 25.3 Å². The average molecular weight is 207 g/mol. The van der Waals surface area contributed by atoms with Crippen molar-refractivity contribution in [3.63, 3.8) is 0 Å². The second-order valence-corrected chi connectivity index (χ2v) is 3.01. The molecule has 78 valence electrons. The molecule has 1 heterocycles. The summed E-state index contributed by atoms with van der Waals surface area (Å²) in [5.41, 5.74) is 1.16. The second kappa shape index (κ2) is 3.61. The molecule has 0 saturated carbocycles. The number of nitrogens with zero attached hydrogens (tertiary/aromatic N) is 1. The molecule has 0 radical (unpaired) electrons. The second-order valence-electron chi connectivity index (χ2n) is 3.01. The zero-order valence-corrected chi connectivity index (χ0v) is 8.06. The van der Waals surface area contributed by atoms with Gasteiger partial charge >= 0.3 is 5.97 Å². The number of aromatic nitrogens is 1. The standard InChI is InChI=1S/C10H9NO4/c1-14-6-2-3-8-7(4-6)11-9(15-8)5-10(12)13/h2-4H,5H2,1H3,(H,12,13). The predicted octanol–water partition coefficient (Wildman–Crippen LogP) is 1.46. The fourth-order valence-corrected chi connectivity index (χ4v) is 1.29. The largest absolute Gasteiger partial charge is 0.497 e. The molecule has 0 fully saturated rings. The molecule has 0 aliphatic heterocycles. The molecule has 2 rings (SSSR count). The first-order chi connectivity index (χ1) is 7.19. The molecule has 0 saturated heterocycles. The van der Waals surface area contributed by atoms with E-state index in [2.05, 4.69) is 4.98 Å². The van der Waals surface area contributed by atoms with Crippen LogP contribution < -0.4 is 4.74 Å². The number of benzene rings is 1. The number of fused-ring (bicyclic) bond motifs is 1. The Morgan fingerprint density at radius 3 is 3.07 bits per heavy atom. The molecule has 1 aromatic heterocycles. The van der Waals surface area contributed by atoms with Gasteiger partial charge in [0.2, 0.25) is 5.89 Å². The first-order valence-electron chi connectivity index (χ1n) is 4.34. The number of carboxylic acid groups (broad SMARTS) is 1. The Kier molecular flexibility index (Phi) is 2.29. The smallest absolute Gasteiger partial charge is 0.312 e. The maximum atomic E-state index is 10.4. The summed E-state index contributed by atoms with van der Waals surface area (Å²) < 4.78 is 10.2. The van der Waals surface area contributed by atoms with E-state index in [-0.39, 0.29) is 12.3 Å². The van der Waals surface area contributed by atoms with Crippen LogP contribution in [0.3, 0.4) is 0 Å². The van der Waals surface area contributed by atoms with Gasteiger partial charge in [0.05, 0.1) is 7.11 Å². The van der Waals surface area contributed by atoms with Crippen LogP contribution in [-0.4, -0.2) is 23.2 Å². The van der Waals surface area contributed by atoms with E-state index >= 15 is 0 Å². The molecule has 5 heteroatoms. The molecule has 2 aromatic rings. The molecule has 1 aromatic carbocycles. The van der Waals surface area contributed by atoms with Gasteiger partial charge < -0.3 is 14.3 Å². The van der Waals surface area contributed by atoms with Crippen molar-refractivity contribution in [2.24, 2.45) is 0 Å². The Balaban J connectivity index is 2.42. The molecule has 0 aliphatic rings. The predicted molar refractivity (Wildman–Crippen MR) is 51.9 cm³/mol. The monoisotopic (exact) mass is 207 g/mol. The van der Waals surface area contributed by atoms with Crippen LogP contribution in [-0.2, 0) is 11.2 Å². The van der Waals surface area contributed by atoms with Crippen LogP contribution in [0.15, 0.2) is 22.6 Å². The van der Waals surface area contributed by atoms with E-state index in [0.29, 0.717) is 16.8 Å². The number of aliphatic carboxylic acids is 1. The summed E-state index contributed by atoms with van der Waals surface area (Å²) in [6.07, 6.45) is -0.211. The van der Waals surface area contributed by atoms with E-state index in [4.69, 9.17) is 14.3 Å². The highest BCUT2D eigenvalue weighted by molar-refractivity contribution is 5.76. The molecule has 1 N–H and O–H groups in total. The zero-order chi connectivity index (χ0) is 10.8. The number of carbonyl (C=O) groups is 1. The van der Waals surface area contributed by atoms with Crippen molar-refractivity contribution in [3.05, 3.63) is 24.1 Å². The summed E-state index contributed by atoms with van der Waals surface area (Å²) in [5, 5.41) is 8.57. The Morgan fingerprint density at radius 1 is 1.60 bits per heavy atom. The quantitative estimate of drug-likeness (QED) is 0.824. The third-order valence-corrected chi connectivity index (χ3v) is 1.94. The lowest BCUT2D eigenvalue weighted by atomic mass is 10.3. The van der Waals surface area contributed by atoms with Crippen molar-refractivity contribution in [2.45, 2.75) is 6.42 Å². The molecule has 15 heavy (non-hydrogen) atoms. The molecular weight excluding hydrogens is 198 g/mol. The van der Waals surface area contributed by atoms with Crippen LogP contribution in [0.5, 0.6) is 5.75 Å². The summed E-state index contributed by atoms with van der Waals surface area (Å²) >= 11 is 0. The SMILES string of the molecule is COc1ccc2oc(CC(=O)O)nc2c1. The van der Waals surface area contributed by atoms with Crippen LogP contribution in [0.1, 0.15) is 5.89 Å². The lowest BCUT2D eigenvalue weighted by Gasteiger charge is -1.95. The lowest BCUT2D eigenvalue weighted by Crippen LogP contribution is -1.99. The van der Waals surface area contributed by atoms with Crippen LogP contribution in [0.25, 0.3) is 11.1 Å². The fraction of sp³-hybridized carbons (Fsp3) is 0.200. The highest BCUT2D eigenvalue weighted by atomic mass is 16.5. The number of hydrogen-bond acceptors (Lipinski definition) is 4. The van der Waals surface area contributed by atoms with Gasteiger partial charge in [-0.25, -0.2) is 4.98 Å². The number of hydrogen-bond donors (Lipinski definition) is 1. The highest BCUT2D eigenvalue weighted by Gasteiger charge is 2.09. The van der Waals surface area contributed by atoms with Crippen molar-refractivity contribution < 1.29 is 19.1 Å². The van der Waals surface area contributed by atoms with E-state index < -0.39 is 5.97 Å². The van der Waals surface area contributed by atoms with Crippen LogP contribution in [0, 0.1) is 0 Å². The zero-order valence-electron chi connectivity index (χ0n) is 8.06. The lowest BCUT2D eigenvalue weighted by molar-refractivity contribution is -0.136. The van der Waals surface area contributed by atoms with Crippen LogP contribution in [0.2, 0.25) is 0 Å². The van der Waals surface area contributed by atoms with Gasteiger partial charge in [0.15, 0.2) is 5.58 Å². The molecule has 0 aliphatic carbocycles. The Morgan fingerprint density at radius 2 is 2.40 bits per heavy atom. The van der Waals surface area contributed by atoms with Crippen molar-refractivity contribution in [1.29, 1.82) is 0 Å². The Labute approximate surface area is 85.3 Å². The summed E-state index contributed by atoms with van der Waals surface area (Å²) in [5.74, 6) is -0.100. The Hall–Kier alpha value is -2.04. The molecule has 0 atom stereocenters. The van der Waals surface area contributed by atoms with E-state index in [0.717, 1.165) is 0 Å². The van der Waals surface area contributed by atoms with Crippen molar-refractivity contribution in [1.82, 2.24) is 4.98 Å². The van der Waals surface area contributed by atoms with Gasteiger partial charge in [-0.05, 0) is 12.1 Å². The van der Waals surface area contributed by atoms with E-state index in [1.807, 2.05) is 0 Å². The van der Waals surface area contributed by atoms with Crippen LogP contribution >= 0.6 is 0 Å². The first-order valence-corrected chi connectivity index (χ1v) is 4.34. The number of rotatable bonds is 3. The summed E-state index contributed by atoms with van der Waals surface area (Å²) in [6.45, 7) is 0. The molecule has 0 amide bonds. The maximum Gasteiger partial charge on any atom is 0.312 e. The van der Waals surface area contributed by atoms with Gasteiger partial charge in [-0.1, -0.05) is 0 Å². The van der Waals surface area contributed by atoms with Gasteiger partial charge in [-0.15, -0.1) is 0 Å². The minimum atomic E-state index is -0.964. The highest BCUT2D eigenvalue weighted by Crippen LogP contribution is 2.21. The molecule has 0 spiro atoms. The number of carboxylic acids is 1. The van der Waals surface area contributed by atoms with Gasteiger partial charge in [-0.3, -0.25) is 4.79 Å². The van der Waals surface area contributed by atoms with Gasteiger partial charge in [0.1, 0.15) is 17.7 Å². The fourth-order valence-electron chi connectivity index (χ4n) is 1.29. The minimum absolute atomic E-state index is 0.200. The Bertz CT molecular complexity index is 503. The van der Waals surface area contributed by atoms with Crippen molar-refractivity contribution in [3.8, 4) is 5.75 Å². The van der Waals surface area contributed by atoms with Gasteiger partial charge in [0, 0.05) is 6.07 Å². The number of oxazole rings is 1. The van der Waals surface area contributed by atoms with Crippen molar-refractivity contribution in [2.75, 3.05) is 7.11 Å². The molecular formula is C10H9NO4. The average Bonchev–Trinajstić information content (AvgIpc) is 2.57.